The normalized spacial score (nSPS) is 14.4. The highest BCUT2D eigenvalue weighted by molar-refractivity contribution is 5.45. The van der Waals surface area contributed by atoms with Gasteiger partial charge in [-0.2, -0.15) is 4.98 Å². The van der Waals surface area contributed by atoms with Gasteiger partial charge < -0.3 is 24.4 Å². The van der Waals surface area contributed by atoms with E-state index in [0.717, 1.165) is 5.56 Å². The van der Waals surface area contributed by atoms with Crippen molar-refractivity contribution in [2.24, 2.45) is 0 Å². The molecule has 20 heavy (non-hydrogen) atoms. The van der Waals surface area contributed by atoms with Crippen molar-refractivity contribution in [3.05, 3.63) is 36.0 Å². The van der Waals surface area contributed by atoms with Gasteiger partial charge in [-0.3, -0.25) is 0 Å². The Hall–Kier alpha value is -2.12. The SMILES string of the molecule is OC(CNCCc1ncon1)c1ccc2c(c1)OCO2. The Bertz CT molecular complexity index is 559. The van der Waals surface area contributed by atoms with Crippen LogP contribution in [0, 0.1) is 0 Å². The molecule has 1 aromatic heterocycles. The van der Waals surface area contributed by atoms with Gasteiger partial charge >= 0.3 is 0 Å². The molecule has 106 valence electrons. The Labute approximate surface area is 115 Å². The predicted octanol–water partition coefficient (Wildman–Crippen LogP) is 0.664. The number of hydrogen-bond acceptors (Lipinski definition) is 7. The molecule has 7 nitrogen and oxygen atoms in total. The van der Waals surface area contributed by atoms with Gasteiger partial charge in [0.05, 0.1) is 6.10 Å². The van der Waals surface area contributed by atoms with Crippen molar-refractivity contribution in [1.29, 1.82) is 0 Å². The molecule has 2 N–H and O–H groups in total. The summed E-state index contributed by atoms with van der Waals surface area (Å²) >= 11 is 0. The lowest BCUT2D eigenvalue weighted by atomic mass is 10.1. The summed E-state index contributed by atoms with van der Waals surface area (Å²) in [5.41, 5.74) is 0.793. The van der Waals surface area contributed by atoms with E-state index in [1.807, 2.05) is 6.07 Å². The minimum absolute atomic E-state index is 0.234. The predicted molar refractivity (Wildman–Crippen MR) is 68.4 cm³/mol. The first-order chi connectivity index (χ1) is 9.83. The number of aliphatic hydroxyl groups excluding tert-OH is 1. The van der Waals surface area contributed by atoms with Crippen molar-refractivity contribution in [1.82, 2.24) is 15.5 Å². The van der Waals surface area contributed by atoms with Crippen molar-refractivity contribution < 1.29 is 19.1 Å². The van der Waals surface area contributed by atoms with E-state index in [0.29, 0.717) is 36.8 Å². The van der Waals surface area contributed by atoms with Crippen LogP contribution in [0.15, 0.2) is 29.1 Å². The van der Waals surface area contributed by atoms with Crippen LogP contribution < -0.4 is 14.8 Å². The van der Waals surface area contributed by atoms with Crippen LogP contribution in [0.5, 0.6) is 11.5 Å². The van der Waals surface area contributed by atoms with E-state index in [2.05, 4.69) is 20.0 Å². The first-order valence-electron chi connectivity index (χ1n) is 6.36. The fourth-order valence-corrected chi connectivity index (χ4v) is 1.98. The summed E-state index contributed by atoms with van der Waals surface area (Å²) in [4.78, 5) is 3.92. The topological polar surface area (TPSA) is 89.6 Å². The smallest absolute Gasteiger partial charge is 0.231 e. The summed E-state index contributed by atoms with van der Waals surface area (Å²) in [6.07, 6.45) is 1.36. The fourth-order valence-electron chi connectivity index (χ4n) is 1.98. The van der Waals surface area contributed by atoms with Gasteiger partial charge in [-0.05, 0) is 17.7 Å². The molecular weight excluding hydrogens is 262 g/mol. The second-order valence-corrected chi connectivity index (χ2v) is 4.43. The Balaban J connectivity index is 1.48. The molecule has 0 amide bonds. The molecule has 1 aliphatic rings. The molecule has 0 spiro atoms. The lowest BCUT2D eigenvalue weighted by Gasteiger charge is -2.12. The van der Waals surface area contributed by atoms with Crippen LogP contribution in [-0.4, -0.2) is 35.1 Å². The first-order valence-corrected chi connectivity index (χ1v) is 6.36. The third kappa shape index (κ3) is 2.89. The fraction of sp³-hybridized carbons (Fsp3) is 0.385. The summed E-state index contributed by atoms with van der Waals surface area (Å²) in [5.74, 6) is 2.04. The molecule has 0 fully saturated rings. The van der Waals surface area contributed by atoms with E-state index >= 15 is 0 Å². The Morgan fingerprint density at radius 2 is 2.20 bits per heavy atom. The quantitative estimate of drug-likeness (QED) is 0.750. The van der Waals surface area contributed by atoms with Gasteiger partial charge in [0.2, 0.25) is 13.2 Å². The third-order valence-electron chi connectivity index (χ3n) is 3.05. The van der Waals surface area contributed by atoms with E-state index in [-0.39, 0.29) is 6.79 Å². The second kappa shape index (κ2) is 5.89. The molecule has 1 aliphatic heterocycles. The molecule has 0 saturated heterocycles. The van der Waals surface area contributed by atoms with Crippen molar-refractivity contribution >= 4 is 0 Å². The lowest BCUT2D eigenvalue weighted by molar-refractivity contribution is 0.170. The number of aliphatic hydroxyl groups is 1. The zero-order valence-electron chi connectivity index (χ0n) is 10.8. The van der Waals surface area contributed by atoms with Crippen LogP contribution in [0.25, 0.3) is 0 Å². The number of hydrogen-bond donors (Lipinski definition) is 2. The summed E-state index contributed by atoms with van der Waals surface area (Å²) in [6, 6.07) is 5.44. The summed E-state index contributed by atoms with van der Waals surface area (Å²) in [5, 5.41) is 17.0. The summed E-state index contributed by atoms with van der Waals surface area (Å²) in [6.45, 7) is 1.34. The standard InChI is InChI=1S/C13H15N3O4/c17-10(6-14-4-3-13-15-7-20-16-13)9-1-2-11-12(5-9)19-8-18-11/h1-2,5,7,10,14,17H,3-4,6,8H2. The highest BCUT2D eigenvalue weighted by atomic mass is 16.7. The molecule has 0 bridgehead atoms. The Morgan fingerprint density at radius 3 is 3.05 bits per heavy atom. The minimum atomic E-state index is -0.602. The molecule has 2 aromatic rings. The Kier molecular flexibility index (Phi) is 3.80. The molecule has 3 rings (SSSR count). The van der Waals surface area contributed by atoms with Gasteiger partial charge in [0.15, 0.2) is 17.3 Å². The monoisotopic (exact) mass is 277 g/mol. The number of nitrogens with zero attached hydrogens (tertiary/aromatic N) is 2. The molecule has 0 aliphatic carbocycles. The van der Waals surface area contributed by atoms with Gasteiger partial charge in [-0.25, -0.2) is 0 Å². The van der Waals surface area contributed by atoms with Crippen LogP contribution in [0.3, 0.4) is 0 Å². The maximum absolute atomic E-state index is 10.1. The number of aromatic nitrogens is 2. The number of ether oxygens (including phenoxy) is 2. The molecule has 1 atom stereocenters. The maximum atomic E-state index is 10.1. The molecule has 7 heteroatoms. The molecular formula is C13H15N3O4. The molecule has 2 heterocycles. The van der Waals surface area contributed by atoms with E-state index in [1.54, 1.807) is 12.1 Å². The number of rotatable bonds is 6. The van der Waals surface area contributed by atoms with Gasteiger partial charge in [0, 0.05) is 19.5 Å². The van der Waals surface area contributed by atoms with Crippen molar-refractivity contribution in [2.45, 2.75) is 12.5 Å². The summed E-state index contributed by atoms with van der Waals surface area (Å²) < 4.78 is 15.2. The highest BCUT2D eigenvalue weighted by Crippen LogP contribution is 2.33. The largest absolute Gasteiger partial charge is 0.454 e. The second-order valence-electron chi connectivity index (χ2n) is 4.43. The van der Waals surface area contributed by atoms with E-state index in [1.165, 1.54) is 6.39 Å². The van der Waals surface area contributed by atoms with Gasteiger partial charge in [-0.1, -0.05) is 11.2 Å². The molecule has 0 radical (unpaired) electrons. The number of benzene rings is 1. The molecule has 1 aromatic carbocycles. The van der Waals surface area contributed by atoms with Gasteiger partial charge in [0.25, 0.3) is 0 Å². The third-order valence-corrected chi connectivity index (χ3v) is 3.05. The van der Waals surface area contributed by atoms with Crippen LogP contribution in [0.2, 0.25) is 0 Å². The average Bonchev–Trinajstić information content (AvgIpc) is 3.13. The highest BCUT2D eigenvalue weighted by Gasteiger charge is 2.16. The van der Waals surface area contributed by atoms with E-state index < -0.39 is 6.10 Å². The van der Waals surface area contributed by atoms with Gasteiger partial charge in [0.1, 0.15) is 0 Å². The van der Waals surface area contributed by atoms with E-state index in [4.69, 9.17) is 9.47 Å². The zero-order chi connectivity index (χ0) is 13.8. The lowest BCUT2D eigenvalue weighted by Crippen LogP contribution is -2.24. The Morgan fingerprint density at radius 1 is 1.30 bits per heavy atom. The zero-order valence-corrected chi connectivity index (χ0v) is 10.8. The van der Waals surface area contributed by atoms with Crippen LogP contribution in [0.4, 0.5) is 0 Å². The first kappa shape index (κ1) is 12.9. The van der Waals surface area contributed by atoms with Crippen molar-refractivity contribution in [2.75, 3.05) is 19.9 Å². The maximum Gasteiger partial charge on any atom is 0.231 e. The van der Waals surface area contributed by atoms with Crippen molar-refractivity contribution in [3.8, 4) is 11.5 Å². The van der Waals surface area contributed by atoms with Crippen LogP contribution in [0.1, 0.15) is 17.5 Å². The molecule has 0 saturated carbocycles. The average molecular weight is 277 g/mol. The summed E-state index contributed by atoms with van der Waals surface area (Å²) in [7, 11) is 0. The minimum Gasteiger partial charge on any atom is -0.454 e. The number of nitrogens with one attached hydrogen (secondary N) is 1. The molecule has 1 unspecified atom stereocenters. The van der Waals surface area contributed by atoms with Gasteiger partial charge in [-0.15, -0.1) is 0 Å². The van der Waals surface area contributed by atoms with Crippen LogP contribution in [-0.2, 0) is 6.42 Å². The van der Waals surface area contributed by atoms with E-state index in [9.17, 15) is 5.11 Å². The van der Waals surface area contributed by atoms with Crippen LogP contribution >= 0.6 is 0 Å². The number of fused-ring (bicyclic) bond motifs is 1. The van der Waals surface area contributed by atoms with Crippen molar-refractivity contribution in [3.63, 3.8) is 0 Å².